The van der Waals surface area contributed by atoms with Gasteiger partial charge in [0, 0.05) is 44.9 Å². The first kappa shape index (κ1) is 24.3. The lowest BCUT2D eigenvalue weighted by molar-refractivity contribution is -0.142. The first-order valence-electron chi connectivity index (χ1n) is 12.4. The summed E-state index contributed by atoms with van der Waals surface area (Å²) in [6.45, 7) is 6.16. The topological polar surface area (TPSA) is 86.0 Å². The summed E-state index contributed by atoms with van der Waals surface area (Å²) in [5, 5.41) is 13.2. The highest BCUT2D eigenvalue weighted by atomic mass is 16.3. The molecule has 2 aromatic carbocycles. The second-order valence-corrected chi connectivity index (χ2v) is 10.3. The zero-order valence-corrected chi connectivity index (χ0v) is 21.3. The van der Waals surface area contributed by atoms with E-state index in [2.05, 4.69) is 34.5 Å². The van der Waals surface area contributed by atoms with Gasteiger partial charge in [0.25, 0.3) is 5.91 Å². The molecule has 7 nitrogen and oxygen atoms in total. The molecular weight excluding hydrogens is 454 g/mol. The van der Waals surface area contributed by atoms with Crippen LogP contribution in [0.3, 0.4) is 0 Å². The van der Waals surface area contributed by atoms with Gasteiger partial charge in [-0.2, -0.15) is 0 Å². The Morgan fingerprint density at radius 3 is 2.58 bits per heavy atom. The van der Waals surface area contributed by atoms with E-state index in [1.54, 1.807) is 11.9 Å². The maximum absolute atomic E-state index is 12.6. The summed E-state index contributed by atoms with van der Waals surface area (Å²) in [5.74, 6) is 1.53. The van der Waals surface area contributed by atoms with Gasteiger partial charge in [-0.1, -0.05) is 36.4 Å². The normalized spacial score (nSPS) is 22.1. The smallest absolute Gasteiger partial charge is 0.254 e. The van der Waals surface area contributed by atoms with E-state index in [4.69, 9.17) is 4.42 Å². The van der Waals surface area contributed by atoms with Gasteiger partial charge < -0.3 is 19.7 Å². The lowest BCUT2D eigenvalue weighted by atomic mass is 9.78. The van der Waals surface area contributed by atoms with Gasteiger partial charge in [0.2, 0.25) is 5.91 Å². The molecule has 2 aliphatic heterocycles. The second-order valence-electron chi connectivity index (χ2n) is 10.3. The number of carbonyl (C=O) groups excluding carboxylic acids is 2. The van der Waals surface area contributed by atoms with E-state index in [-0.39, 0.29) is 11.8 Å². The van der Waals surface area contributed by atoms with Crippen LogP contribution in [-0.4, -0.2) is 60.0 Å². The highest BCUT2D eigenvalue weighted by molar-refractivity contribution is 6.01. The number of fused-ring (bicyclic) bond motifs is 1. The average molecular weight is 488 g/mol. The number of aliphatic hydroxyl groups excluding tert-OH is 1. The molecule has 5 rings (SSSR count). The molecule has 2 N–H and O–H groups in total. The summed E-state index contributed by atoms with van der Waals surface area (Å²) in [6, 6.07) is 16.1. The zero-order valence-electron chi connectivity index (χ0n) is 21.3. The van der Waals surface area contributed by atoms with Gasteiger partial charge in [-0.25, -0.2) is 0 Å². The summed E-state index contributed by atoms with van der Waals surface area (Å²) in [6.07, 6.45) is -0.140. The monoisotopic (exact) mass is 487 g/mol. The van der Waals surface area contributed by atoms with Crippen molar-refractivity contribution in [2.24, 2.45) is 5.41 Å². The number of aliphatic hydroxyl groups is 1. The molecule has 1 aromatic heterocycles. The van der Waals surface area contributed by atoms with Gasteiger partial charge in [-0.05, 0) is 54.7 Å². The Labute approximate surface area is 211 Å². The SMILES string of the molecule is CNC(=O)C1(C)CN(Cc2oc(-c3ccccc3-c3cccc4c3CN(C)C4=O)cc2C)CCC1O. The molecular formula is C29H33N3O4. The van der Waals surface area contributed by atoms with Crippen LogP contribution in [0.2, 0.25) is 0 Å². The Bertz CT molecular complexity index is 1330. The third kappa shape index (κ3) is 4.02. The minimum Gasteiger partial charge on any atom is -0.459 e. The van der Waals surface area contributed by atoms with Crippen LogP contribution in [0.15, 0.2) is 52.9 Å². The Morgan fingerprint density at radius 2 is 1.83 bits per heavy atom. The highest BCUT2D eigenvalue weighted by Crippen LogP contribution is 2.39. The number of likely N-dealkylation sites (tertiary alicyclic amines) is 1. The quantitative estimate of drug-likeness (QED) is 0.571. The van der Waals surface area contributed by atoms with Crippen molar-refractivity contribution in [3.05, 3.63) is 71.0 Å². The Kier molecular flexibility index (Phi) is 6.22. The minimum atomic E-state index is -0.860. The van der Waals surface area contributed by atoms with Crippen molar-refractivity contribution in [1.82, 2.24) is 15.1 Å². The third-order valence-electron chi connectivity index (χ3n) is 7.77. The summed E-state index contributed by atoms with van der Waals surface area (Å²) < 4.78 is 6.43. The van der Waals surface area contributed by atoms with Crippen molar-refractivity contribution in [3.8, 4) is 22.5 Å². The molecule has 3 heterocycles. The van der Waals surface area contributed by atoms with Crippen molar-refractivity contribution in [2.75, 3.05) is 27.2 Å². The Morgan fingerprint density at radius 1 is 1.14 bits per heavy atom. The van der Waals surface area contributed by atoms with Crippen molar-refractivity contribution in [2.45, 2.75) is 39.5 Å². The van der Waals surface area contributed by atoms with E-state index in [0.717, 1.165) is 44.9 Å². The van der Waals surface area contributed by atoms with Gasteiger partial charge in [-0.15, -0.1) is 0 Å². The lowest BCUT2D eigenvalue weighted by Crippen LogP contribution is -2.56. The maximum Gasteiger partial charge on any atom is 0.254 e. The van der Waals surface area contributed by atoms with E-state index in [9.17, 15) is 14.7 Å². The zero-order chi connectivity index (χ0) is 25.6. The van der Waals surface area contributed by atoms with Crippen LogP contribution in [0.25, 0.3) is 22.5 Å². The lowest BCUT2D eigenvalue weighted by Gasteiger charge is -2.42. The predicted octanol–water partition coefficient (Wildman–Crippen LogP) is 3.83. The molecule has 0 aliphatic carbocycles. The predicted molar refractivity (Wildman–Crippen MR) is 138 cm³/mol. The molecule has 2 atom stereocenters. The molecule has 3 aromatic rings. The highest BCUT2D eigenvalue weighted by Gasteiger charge is 2.44. The number of rotatable bonds is 5. The van der Waals surface area contributed by atoms with E-state index < -0.39 is 11.5 Å². The van der Waals surface area contributed by atoms with Crippen molar-refractivity contribution in [1.29, 1.82) is 0 Å². The van der Waals surface area contributed by atoms with Crippen molar-refractivity contribution >= 4 is 11.8 Å². The van der Waals surface area contributed by atoms with Crippen LogP contribution in [0, 0.1) is 12.3 Å². The molecule has 1 fully saturated rings. The number of aryl methyl sites for hydroxylation is 1. The fourth-order valence-electron chi connectivity index (χ4n) is 5.59. The number of nitrogens with one attached hydrogen (secondary N) is 1. The molecule has 7 heteroatoms. The number of piperidine rings is 1. The van der Waals surface area contributed by atoms with Gasteiger partial charge >= 0.3 is 0 Å². The summed E-state index contributed by atoms with van der Waals surface area (Å²) in [7, 11) is 3.44. The molecule has 36 heavy (non-hydrogen) atoms. The fraction of sp³-hybridized carbons (Fsp3) is 0.379. The first-order chi connectivity index (χ1) is 17.2. The Balaban J connectivity index is 1.46. The van der Waals surface area contributed by atoms with Crippen LogP contribution in [0.4, 0.5) is 0 Å². The molecule has 0 radical (unpaired) electrons. The van der Waals surface area contributed by atoms with Crippen molar-refractivity contribution < 1.29 is 19.1 Å². The van der Waals surface area contributed by atoms with Crippen LogP contribution in [-0.2, 0) is 17.9 Å². The fourth-order valence-corrected chi connectivity index (χ4v) is 5.59. The minimum absolute atomic E-state index is 0.0517. The van der Waals surface area contributed by atoms with Gasteiger partial charge in [0.1, 0.15) is 11.5 Å². The average Bonchev–Trinajstić information content (AvgIpc) is 3.39. The second kappa shape index (κ2) is 9.22. The van der Waals surface area contributed by atoms with Crippen LogP contribution >= 0.6 is 0 Å². The molecule has 2 unspecified atom stereocenters. The number of benzene rings is 2. The van der Waals surface area contributed by atoms with E-state index in [0.29, 0.717) is 32.6 Å². The summed E-state index contributed by atoms with van der Waals surface area (Å²) in [4.78, 5) is 29.0. The first-order valence-corrected chi connectivity index (χ1v) is 12.4. The van der Waals surface area contributed by atoms with Gasteiger partial charge in [0.05, 0.1) is 18.1 Å². The molecule has 2 aliphatic rings. The number of nitrogens with zero attached hydrogens (tertiary/aromatic N) is 2. The van der Waals surface area contributed by atoms with Crippen molar-refractivity contribution in [3.63, 3.8) is 0 Å². The van der Waals surface area contributed by atoms with E-state index in [1.165, 1.54) is 0 Å². The number of furan rings is 1. The maximum atomic E-state index is 12.6. The van der Waals surface area contributed by atoms with Gasteiger partial charge in [-0.3, -0.25) is 14.5 Å². The number of hydrogen-bond acceptors (Lipinski definition) is 5. The standard InChI is InChI=1S/C29H33N3O4/c1-18-14-24(36-25(18)16-32-13-12-26(33)29(2,17-32)28(35)30-3)21-9-6-5-8-19(21)20-10-7-11-22-23(20)15-31(4)27(22)34/h5-11,14,26,33H,12-13,15-17H2,1-4H3,(H,30,35). The molecule has 188 valence electrons. The Hall–Kier alpha value is -3.42. The van der Waals surface area contributed by atoms with E-state index in [1.807, 2.05) is 45.2 Å². The molecule has 1 saturated heterocycles. The van der Waals surface area contributed by atoms with Crippen LogP contribution in [0.1, 0.15) is 40.6 Å². The number of hydrogen-bond donors (Lipinski definition) is 2. The van der Waals surface area contributed by atoms with Crippen LogP contribution in [0.5, 0.6) is 0 Å². The molecule has 0 bridgehead atoms. The molecule has 0 spiro atoms. The van der Waals surface area contributed by atoms with Gasteiger partial charge in [0.15, 0.2) is 0 Å². The third-order valence-corrected chi connectivity index (χ3v) is 7.77. The van der Waals surface area contributed by atoms with E-state index >= 15 is 0 Å². The molecule has 2 amide bonds. The van der Waals surface area contributed by atoms with Crippen LogP contribution < -0.4 is 5.32 Å². The summed E-state index contributed by atoms with van der Waals surface area (Å²) >= 11 is 0. The largest absolute Gasteiger partial charge is 0.459 e. The number of amides is 2. The number of carbonyl (C=O) groups is 2. The molecule has 0 saturated carbocycles. The summed E-state index contributed by atoms with van der Waals surface area (Å²) in [5.41, 5.74) is 5.04.